The Kier molecular flexibility index (Phi) is 5.63. The first-order chi connectivity index (χ1) is 11.3. The van der Waals surface area contributed by atoms with Gasteiger partial charge in [0.2, 0.25) is 0 Å². The Morgan fingerprint density at radius 2 is 1.87 bits per heavy atom. The van der Waals surface area contributed by atoms with E-state index in [-0.39, 0.29) is 0 Å². The summed E-state index contributed by atoms with van der Waals surface area (Å²) in [5, 5.41) is 13.9. The normalized spacial score (nSPS) is 17.1. The Labute approximate surface area is 143 Å². The number of phenols is 1. The Bertz CT molecular complexity index is 623. The summed E-state index contributed by atoms with van der Waals surface area (Å²) in [5.74, 6) is 0.988. The van der Waals surface area contributed by atoms with Crippen LogP contribution in [0.2, 0.25) is 0 Å². The molecule has 1 atom stereocenters. The second-order valence-electron chi connectivity index (χ2n) is 6.17. The Hall–Kier alpha value is -1.45. The van der Waals surface area contributed by atoms with E-state index >= 15 is 0 Å². The molecule has 23 heavy (non-hydrogen) atoms. The fraction of sp³-hybridized carbons (Fsp3) is 0.400. The van der Waals surface area contributed by atoms with Gasteiger partial charge in [-0.3, -0.25) is 0 Å². The summed E-state index contributed by atoms with van der Waals surface area (Å²) in [7, 11) is 0. The van der Waals surface area contributed by atoms with E-state index in [9.17, 15) is 5.11 Å². The summed E-state index contributed by atoms with van der Waals surface area (Å²) in [5.41, 5.74) is 2.74. The van der Waals surface area contributed by atoms with Crippen LogP contribution in [0.1, 0.15) is 48.5 Å². The van der Waals surface area contributed by atoms with Gasteiger partial charge in [0.15, 0.2) is 0 Å². The maximum Gasteiger partial charge on any atom is 0.115 e. The highest BCUT2D eigenvalue weighted by molar-refractivity contribution is 7.99. The molecule has 3 rings (SSSR count). The molecule has 1 fully saturated rings. The number of hydrogen-bond acceptors (Lipinski definition) is 3. The van der Waals surface area contributed by atoms with Gasteiger partial charge in [-0.25, -0.2) is 0 Å². The second kappa shape index (κ2) is 7.89. The molecule has 0 aliphatic carbocycles. The minimum atomic E-state index is 0.379. The topological polar surface area (TPSA) is 32.3 Å². The molecule has 1 unspecified atom stereocenters. The molecule has 3 heteroatoms. The molecule has 122 valence electrons. The van der Waals surface area contributed by atoms with Crippen LogP contribution in [0.4, 0.5) is 0 Å². The van der Waals surface area contributed by atoms with Crippen molar-refractivity contribution in [2.75, 3.05) is 13.1 Å². The number of rotatable bonds is 5. The number of aromatic hydroxyl groups is 1. The third-order valence-electron chi connectivity index (χ3n) is 4.59. The van der Waals surface area contributed by atoms with Crippen molar-refractivity contribution in [3.63, 3.8) is 0 Å². The van der Waals surface area contributed by atoms with Crippen molar-refractivity contribution in [1.29, 1.82) is 0 Å². The lowest BCUT2D eigenvalue weighted by Gasteiger charge is -2.28. The third kappa shape index (κ3) is 4.10. The molecule has 0 bridgehead atoms. The van der Waals surface area contributed by atoms with E-state index in [2.05, 4.69) is 48.6 Å². The van der Waals surface area contributed by atoms with E-state index in [1.54, 1.807) is 0 Å². The smallest absolute Gasteiger partial charge is 0.115 e. The van der Waals surface area contributed by atoms with Crippen LogP contribution in [-0.4, -0.2) is 18.2 Å². The van der Waals surface area contributed by atoms with Gasteiger partial charge in [0, 0.05) is 10.1 Å². The van der Waals surface area contributed by atoms with Crippen LogP contribution < -0.4 is 5.32 Å². The number of piperidine rings is 1. The molecular weight excluding hydrogens is 302 g/mol. The molecule has 2 aromatic rings. The zero-order valence-corrected chi connectivity index (χ0v) is 14.5. The molecule has 2 nitrogen and oxygen atoms in total. The fourth-order valence-electron chi connectivity index (χ4n) is 3.38. The maximum atomic E-state index is 10.0. The lowest BCUT2D eigenvalue weighted by Crippen LogP contribution is -2.27. The average molecular weight is 327 g/mol. The molecular formula is C20H25NOS. The first-order valence-corrected chi connectivity index (χ1v) is 9.41. The van der Waals surface area contributed by atoms with E-state index in [1.165, 1.54) is 28.9 Å². The highest BCUT2D eigenvalue weighted by Gasteiger charge is 2.22. The van der Waals surface area contributed by atoms with Crippen molar-refractivity contribution in [2.24, 2.45) is 0 Å². The van der Waals surface area contributed by atoms with E-state index in [4.69, 9.17) is 0 Å². The molecule has 0 aromatic heterocycles. The number of phenolic OH excluding ortho intramolecular Hbond substituents is 1. The quantitative estimate of drug-likeness (QED) is 0.749. The number of benzene rings is 2. The van der Waals surface area contributed by atoms with Crippen molar-refractivity contribution < 1.29 is 5.11 Å². The summed E-state index contributed by atoms with van der Waals surface area (Å²) < 4.78 is 0. The number of thioether (sulfide) groups is 1. The van der Waals surface area contributed by atoms with E-state index in [0.29, 0.717) is 16.9 Å². The summed E-state index contributed by atoms with van der Waals surface area (Å²) in [6.07, 6.45) is 3.43. The molecule has 1 aliphatic rings. The Balaban J connectivity index is 1.90. The van der Waals surface area contributed by atoms with Crippen LogP contribution in [0.3, 0.4) is 0 Å². The Morgan fingerprint density at radius 1 is 1.13 bits per heavy atom. The van der Waals surface area contributed by atoms with Gasteiger partial charge in [0.05, 0.1) is 0 Å². The first kappa shape index (κ1) is 16.4. The largest absolute Gasteiger partial charge is 0.508 e. The molecule has 1 saturated heterocycles. The van der Waals surface area contributed by atoms with Crippen molar-refractivity contribution in [1.82, 2.24) is 5.32 Å². The maximum absolute atomic E-state index is 10.0. The summed E-state index contributed by atoms with van der Waals surface area (Å²) in [6, 6.07) is 16.5. The van der Waals surface area contributed by atoms with Crippen LogP contribution in [0.15, 0.2) is 53.4 Å². The first-order valence-electron chi connectivity index (χ1n) is 8.53. The lowest BCUT2D eigenvalue weighted by molar-refractivity contribution is 0.453. The van der Waals surface area contributed by atoms with Crippen LogP contribution in [0.25, 0.3) is 0 Å². The summed E-state index contributed by atoms with van der Waals surface area (Å²) in [6.45, 7) is 4.41. The lowest BCUT2D eigenvalue weighted by atomic mass is 9.85. The highest BCUT2D eigenvalue weighted by Crippen LogP contribution is 2.43. The minimum Gasteiger partial charge on any atom is -0.508 e. The zero-order chi connectivity index (χ0) is 16.1. The highest BCUT2D eigenvalue weighted by atomic mass is 32.2. The molecule has 0 radical (unpaired) electrons. The third-order valence-corrected chi connectivity index (χ3v) is 6.00. The fourth-order valence-corrected chi connectivity index (χ4v) is 4.52. The van der Waals surface area contributed by atoms with Gasteiger partial charge >= 0.3 is 0 Å². The van der Waals surface area contributed by atoms with E-state index < -0.39 is 0 Å². The Morgan fingerprint density at radius 3 is 2.57 bits per heavy atom. The van der Waals surface area contributed by atoms with Gasteiger partial charge < -0.3 is 10.4 Å². The molecule has 2 aromatic carbocycles. The van der Waals surface area contributed by atoms with Crippen LogP contribution >= 0.6 is 11.8 Å². The molecule has 1 aliphatic heterocycles. The van der Waals surface area contributed by atoms with Crippen molar-refractivity contribution in [2.45, 2.75) is 42.2 Å². The van der Waals surface area contributed by atoms with E-state index in [0.717, 1.165) is 19.5 Å². The van der Waals surface area contributed by atoms with Crippen LogP contribution in [0, 0.1) is 0 Å². The summed E-state index contributed by atoms with van der Waals surface area (Å²) in [4.78, 5) is 1.29. The van der Waals surface area contributed by atoms with Crippen molar-refractivity contribution >= 4 is 11.8 Å². The number of nitrogens with one attached hydrogen (secondary N) is 1. The molecule has 1 heterocycles. The van der Waals surface area contributed by atoms with Crippen LogP contribution in [0.5, 0.6) is 5.75 Å². The standard InChI is InChI=1S/C20H25NOS/c1-2-20(23-17-6-4-3-5-7-17)19-14-16(22)8-9-18(19)15-10-12-21-13-11-15/h3-9,14-15,20-22H,2,10-13H2,1H3. The molecule has 0 saturated carbocycles. The van der Waals surface area contributed by atoms with Crippen molar-refractivity contribution in [3.8, 4) is 5.75 Å². The average Bonchev–Trinajstić information content (AvgIpc) is 2.61. The number of hydrogen-bond donors (Lipinski definition) is 2. The molecule has 0 amide bonds. The van der Waals surface area contributed by atoms with Crippen LogP contribution in [-0.2, 0) is 0 Å². The monoisotopic (exact) mass is 327 g/mol. The van der Waals surface area contributed by atoms with Gasteiger partial charge in [0.1, 0.15) is 5.75 Å². The van der Waals surface area contributed by atoms with Gasteiger partial charge in [-0.15, -0.1) is 11.8 Å². The predicted octanol–water partition coefficient (Wildman–Crippen LogP) is 5.10. The van der Waals surface area contributed by atoms with Gasteiger partial charge in [-0.05, 0) is 73.7 Å². The second-order valence-corrected chi connectivity index (χ2v) is 7.44. The van der Waals surface area contributed by atoms with Gasteiger partial charge in [-0.1, -0.05) is 31.2 Å². The molecule has 2 N–H and O–H groups in total. The van der Waals surface area contributed by atoms with Crippen molar-refractivity contribution in [3.05, 3.63) is 59.7 Å². The predicted molar refractivity (Wildman–Crippen MR) is 98.3 cm³/mol. The van der Waals surface area contributed by atoms with Gasteiger partial charge in [0.25, 0.3) is 0 Å². The SMILES string of the molecule is CCC(Sc1ccccc1)c1cc(O)ccc1C1CCNCC1. The minimum absolute atomic E-state index is 0.379. The summed E-state index contributed by atoms with van der Waals surface area (Å²) >= 11 is 1.90. The van der Waals surface area contributed by atoms with Gasteiger partial charge in [-0.2, -0.15) is 0 Å². The molecule has 0 spiro atoms. The van der Waals surface area contributed by atoms with E-state index in [1.807, 2.05) is 23.9 Å². The zero-order valence-electron chi connectivity index (χ0n) is 13.7.